The Morgan fingerprint density at radius 2 is 1.52 bits per heavy atom. The molecule has 1 heterocycles. The Balaban J connectivity index is 2.25. The number of carbonyl (C=O) groups excluding carboxylic acids is 4. The molecule has 0 aromatic heterocycles. The van der Waals surface area contributed by atoms with E-state index in [-0.39, 0.29) is 53.8 Å². The molecular formula is C40H69N5O7. The highest BCUT2D eigenvalue weighted by Crippen LogP contribution is 2.30. The van der Waals surface area contributed by atoms with E-state index in [1.165, 1.54) is 0 Å². The minimum absolute atomic E-state index is 0.0153. The van der Waals surface area contributed by atoms with E-state index in [4.69, 9.17) is 9.47 Å². The van der Waals surface area contributed by atoms with Crippen LogP contribution in [0.4, 0.5) is 0 Å². The third kappa shape index (κ3) is 11.5. The van der Waals surface area contributed by atoms with Gasteiger partial charge in [0.05, 0.1) is 54.8 Å². The van der Waals surface area contributed by atoms with Gasteiger partial charge in [-0.05, 0) is 57.2 Å². The van der Waals surface area contributed by atoms with Crippen LogP contribution in [0.1, 0.15) is 92.7 Å². The van der Waals surface area contributed by atoms with Crippen molar-refractivity contribution in [2.24, 2.45) is 23.7 Å². The van der Waals surface area contributed by atoms with Crippen LogP contribution in [0.25, 0.3) is 0 Å². The second-order valence-corrected chi connectivity index (χ2v) is 15.6. The molecule has 1 aliphatic rings. The molecule has 3 unspecified atom stereocenters. The zero-order valence-corrected chi connectivity index (χ0v) is 34.1. The smallest absolute Gasteiger partial charge is 0.245 e. The Labute approximate surface area is 313 Å². The minimum atomic E-state index is -0.876. The molecule has 1 aromatic carbocycles. The average Bonchev–Trinajstić information content (AvgIpc) is 3.59. The van der Waals surface area contributed by atoms with Crippen molar-refractivity contribution in [2.75, 3.05) is 41.9 Å². The van der Waals surface area contributed by atoms with Gasteiger partial charge in [-0.25, -0.2) is 0 Å². The normalized spacial score (nSPS) is 20.1. The van der Waals surface area contributed by atoms with Crippen LogP contribution in [0.2, 0.25) is 0 Å². The summed E-state index contributed by atoms with van der Waals surface area (Å²) in [7, 11) is 8.57. The Morgan fingerprint density at radius 1 is 0.904 bits per heavy atom. The summed E-state index contributed by atoms with van der Waals surface area (Å²) >= 11 is 0. The predicted molar refractivity (Wildman–Crippen MR) is 204 cm³/mol. The lowest BCUT2D eigenvalue weighted by Gasteiger charge is -2.41. The molecule has 12 nitrogen and oxygen atoms in total. The molecule has 1 aromatic rings. The number of nitrogens with zero attached hydrogens (tertiary/aromatic N) is 3. The van der Waals surface area contributed by atoms with Gasteiger partial charge in [-0.3, -0.25) is 24.1 Å². The maximum atomic E-state index is 14.2. The maximum absolute atomic E-state index is 14.2. The van der Waals surface area contributed by atoms with E-state index in [0.717, 1.165) is 12.8 Å². The third-order valence-corrected chi connectivity index (χ3v) is 10.9. The number of amides is 4. The second kappa shape index (κ2) is 21.0. The van der Waals surface area contributed by atoms with Crippen molar-refractivity contribution >= 4 is 23.6 Å². The predicted octanol–water partition coefficient (Wildman–Crippen LogP) is 3.87. The van der Waals surface area contributed by atoms with E-state index in [0.29, 0.717) is 18.5 Å². The van der Waals surface area contributed by atoms with Crippen LogP contribution in [-0.2, 0) is 28.7 Å². The van der Waals surface area contributed by atoms with Crippen molar-refractivity contribution in [3.63, 3.8) is 0 Å². The summed E-state index contributed by atoms with van der Waals surface area (Å²) in [5, 5.41) is 16.8. The molecule has 0 bridgehead atoms. The van der Waals surface area contributed by atoms with E-state index < -0.39 is 48.4 Å². The number of hydrogen-bond donors (Lipinski definition) is 3. The lowest BCUT2D eigenvalue weighted by molar-refractivity contribution is -0.148. The molecule has 1 aliphatic heterocycles. The number of methoxy groups -OCH3 is 2. The van der Waals surface area contributed by atoms with Crippen LogP contribution in [0.15, 0.2) is 30.3 Å². The van der Waals surface area contributed by atoms with Crippen LogP contribution in [0, 0.1) is 23.7 Å². The largest absolute Gasteiger partial charge is 0.386 e. The molecule has 0 radical (unpaired) electrons. The van der Waals surface area contributed by atoms with E-state index >= 15 is 0 Å². The monoisotopic (exact) mass is 732 g/mol. The van der Waals surface area contributed by atoms with E-state index in [9.17, 15) is 24.3 Å². The van der Waals surface area contributed by atoms with E-state index in [2.05, 4.69) is 10.6 Å². The van der Waals surface area contributed by atoms with Crippen molar-refractivity contribution in [1.82, 2.24) is 25.3 Å². The molecule has 10 atom stereocenters. The fourth-order valence-corrected chi connectivity index (χ4v) is 7.78. The minimum Gasteiger partial charge on any atom is -0.386 e. The fourth-order valence-electron chi connectivity index (χ4n) is 7.78. The van der Waals surface area contributed by atoms with Gasteiger partial charge in [-0.1, -0.05) is 85.2 Å². The van der Waals surface area contributed by atoms with Crippen molar-refractivity contribution in [1.29, 1.82) is 0 Å². The zero-order valence-electron chi connectivity index (χ0n) is 34.1. The molecule has 3 N–H and O–H groups in total. The molecule has 296 valence electrons. The van der Waals surface area contributed by atoms with Gasteiger partial charge in [0.25, 0.3) is 0 Å². The van der Waals surface area contributed by atoms with Crippen LogP contribution in [0.3, 0.4) is 0 Å². The first-order valence-corrected chi connectivity index (χ1v) is 19.0. The van der Waals surface area contributed by atoms with Gasteiger partial charge in [0.2, 0.25) is 23.6 Å². The zero-order chi connectivity index (χ0) is 39.4. The highest BCUT2D eigenvalue weighted by atomic mass is 16.5. The molecule has 1 fully saturated rings. The molecule has 2 rings (SSSR count). The summed E-state index contributed by atoms with van der Waals surface area (Å²) in [4.78, 5) is 60.6. The Kier molecular flexibility index (Phi) is 18.2. The number of aliphatic hydroxyl groups excluding tert-OH is 1. The average molecular weight is 732 g/mol. The highest BCUT2D eigenvalue weighted by molar-refractivity contribution is 5.90. The lowest BCUT2D eigenvalue weighted by atomic mass is 9.89. The van der Waals surface area contributed by atoms with Crippen LogP contribution in [0.5, 0.6) is 0 Å². The number of aliphatic hydroxyl groups is 1. The number of rotatable bonds is 20. The molecule has 0 saturated carbocycles. The maximum Gasteiger partial charge on any atom is 0.245 e. The number of hydrogen-bond acceptors (Lipinski definition) is 8. The molecular weight excluding hydrogens is 662 g/mol. The third-order valence-electron chi connectivity index (χ3n) is 10.9. The van der Waals surface area contributed by atoms with Crippen molar-refractivity contribution in [2.45, 2.75) is 130 Å². The van der Waals surface area contributed by atoms with Gasteiger partial charge >= 0.3 is 0 Å². The van der Waals surface area contributed by atoms with Gasteiger partial charge in [0, 0.05) is 27.8 Å². The van der Waals surface area contributed by atoms with Crippen LogP contribution < -0.4 is 10.6 Å². The van der Waals surface area contributed by atoms with Gasteiger partial charge in [-0.15, -0.1) is 0 Å². The highest BCUT2D eigenvalue weighted by Gasteiger charge is 2.43. The van der Waals surface area contributed by atoms with Crippen molar-refractivity contribution in [3.8, 4) is 0 Å². The van der Waals surface area contributed by atoms with E-state index in [1.54, 1.807) is 44.9 Å². The quantitative estimate of drug-likeness (QED) is 0.184. The molecule has 12 heteroatoms. The number of benzene rings is 1. The number of likely N-dealkylation sites (tertiary alicyclic amines) is 1. The van der Waals surface area contributed by atoms with Crippen LogP contribution in [-0.4, -0.2) is 128 Å². The summed E-state index contributed by atoms with van der Waals surface area (Å²) in [5.41, 5.74) is 0.711. The summed E-state index contributed by atoms with van der Waals surface area (Å²) in [5.74, 6) is -1.57. The van der Waals surface area contributed by atoms with Crippen molar-refractivity contribution < 1.29 is 33.8 Å². The summed E-state index contributed by atoms with van der Waals surface area (Å²) in [6.07, 6.45) is 0.148. The lowest BCUT2D eigenvalue weighted by Crippen LogP contribution is -2.59. The summed E-state index contributed by atoms with van der Waals surface area (Å²) in [6, 6.07) is 6.72. The molecule has 0 aliphatic carbocycles. The molecule has 4 amide bonds. The van der Waals surface area contributed by atoms with Gasteiger partial charge in [-0.2, -0.15) is 0 Å². The van der Waals surface area contributed by atoms with Gasteiger partial charge < -0.3 is 35.0 Å². The molecule has 0 spiro atoms. The van der Waals surface area contributed by atoms with Gasteiger partial charge in [0.15, 0.2) is 0 Å². The Hall–Kier alpha value is -3.06. The molecule has 52 heavy (non-hydrogen) atoms. The Bertz CT molecular complexity index is 1270. The fraction of sp³-hybridized carbons (Fsp3) is 0.750. The number of likely N-dealkylation sites (N-methyl/N-ethyl adjacent to an activating group) is 2. The first-order valence-electron chi connectivity index (χ1n) is 19.0. The number of nitrogens with one attached hydrogen (secondary N) is 2. The molecule has 1 saturated heterocycles. The Morgan fingerprint density at radius 3 is 2.02 bits per heavy atom. The second-order valence-electron chi connectivity index (χ2n) is 15.6. The number of ether oxygens (including phenoxy) is 2. The SMILES string of the molecule is CCC(C)[C@@H](C(CC(=O)N1CCCC1[C@H](OC)[C@@H](C)C(=O)N[C@@H](C)[C@@H](O)c1ccccc1)OC)N(C)C(=O)[C@H](NC(=O)[C@H](C(C)C)N(C)C)C(C)C. The number of carbonyl (C=O) groups is 4. The van der Waals surface area contributed by atoms with E-state index in [1.807, 2.05) is 90.9 Å². The van der Waals surface area contributed by atoms with Gasteiger partial charge in [0.1, 0.15) is 6.04 Å². The van der Waals surface area contributed by atoms with Crippen LogP contribution >= 0.6 is 0 Å². The first-order chi connectivity index (χ1) is 24.4. The summed E-state index contributed by atoms with van der Waals surface area (Å²) in [6.45, 7) is 16.0. The first kappa shape index (κ1) is 45.1. The van der Waals surface area contributed by atoms with Crippen molar-refractivity contribution in [3.05, 3.63) is 35.9 Å². The standard InChI is InChI=1S/C40H69N5O7/c1-14-26(6)35(44(11)40(50)33(24(2)3)42-39(49)34(25(4)5)43(9)10)31(51-12)23-32(46)45-22-18-21-30(45)37(52-13)27(7)38(48)41-28(8)36(47)29-19-16-15-17-20-29/h15-17,19-20,24-28,30-31,33-37,47H,14,18,21-23H2,1-13H3,(H,41,48)(H,42,49)/t26?,27-,28+,30?,31?,33-,34+,35+,36-,37-/m1/s1. The topological polar surface area (TPSA) is 141 Å². The summed E-state index contributed by atoms with van der Waals surface area (Å²) < 4.78 is 11.9.